The molecule has 0 aromatic carbocycles. The van der Waals surface area contributed by atoms with Crippen LogP contribution in [0.2, 0.25) is 0 Å². The van der Waals surface area contributed by atoms with Crippen LogP contribution in [0.25, 0.3) is 0 Å². The smallest absolute Gasteiger partial charge is 0.0540 e. The molecule has 0 saturated heterocycles. The summed E-state index contributed by atoms with van der Waals surface area (Å²) in [5, 5.41) is 9.48. The first kappa shape index (κ1) is 13.2. The molecule has 0 heterocycles. The fraction of sp³-hybridized carbons (Fsp3) is 1.00. The van der Waals surface area contributed by atoms with Gasteiger partial charge in [-0.25, -0.2) is 0 Å². The average molecular weight is 207 g/mol. The molecule has 1 N–H and O–H groups in total. The highest BCUT2D eigenvalue weighted by molar-refractivity contribution is 6.17. The zero-order valence-electron chi connectivity index (χ0n) is 8.77. The first-order chi connectivity index (χ1) is 6.31. The van der Waals surface area contributed by atoms with Gasteiger partial charge in [0, 0.05) is 5.88 Å². The zero-order valence-corrected chi connectivity index (χ0v) is 9.52. The number of aliphatic hydroxyl groups excluding tert-OH is 1. The van der Waals surface area contributed by atoms with E-state index in [1.165, 1.54) is 32.1 Å². The van der Waals surface area contributed by atoms with Crippen molar-refractivity contribution in [2.45, 2.75) is 64.4 Å². The number of aliphatic hydroxyl groups is 1. The summed E-state index contributed by atoms with van der Waals surface area (Å²) in [5.74, 6) is 0.674. The van der Waals surface area contributed by atoms with Gasteiger partial charge in [0.05, 0.1) is 6.10 Å². The van der Waals surface area contributed by atoms with Gasteiger partial charge in [0.25, 0.3) is 0 Å². The van der Waals surface area contributed by atoms with Crippen LogP contribution < -0.4 is 0 Å². The van der Waals surface area contributed by atoms with E-state index in [9.17, 15) is 5.11 Å². The summed E-state index contributed by atoms with van der Waals surface area (Å²) in [6.45, 7) is 2.22. The number of hydrogen-bond donors (Lipinski definition) is 1. The van der Waals surface area contributed by atoms with Crippen molar-refractivity contribution in [2.75, 3.05) is 5.88 Å². The fourth-order valence-corrected chi connectivity index (χ4v) is 1.59. The molecule has 0 unspecified atom stereocenters. The molecule has 0 aromatic rings. The summed E-state index contributed by atoms with van der Waals surface area (Å²) in [4.78, 5) is 0. The van der Waals surface area contributed by atoms with Gasteiger partial charge in [0.1, 0.15) is 0 Å². The Morgan fingerprint density at radius 2 is 1.62 bits per heavy atom. The van der Waals surface area contributed by atoms with E-state index in [0.29, 0.717) is 5.88 Å². The van der Waals surface area contributed by atoms with Crippen LogP contribution in [0.15, 0.2) is 0 Å². The van der Waals surface area contributed by atoms with E-state index >= 15 is 0 Å². The molecule has 1 nitrogen and oxygen atoms in total. The third-order valence-corrected chi connectivity index (χ3v) is 2.58. The molecular weight excluding hydrogens is 184 g/mol. The Labute approximate surface area is 87.5 Å². The fourth-order valence-electron chi connectivity index (χ4n) is 1.44. The Morgan fingerprint density at radius 1 is 1.00 bits per heavy atom. The Balaban J connectivity index is 3.03. The van der Waals surface area contributed by atoms with Gasteiger partial charge in [-0.05, 0) is 19.3 Å². The Hall–Kier alpha value is 0.250. The molecule has 2 heteroatoms. The summed E-state index contributed by atoms with van der Waals surface area (Å²) < 4.78 is 0. The molecule has 0 spiro atoms. The van der Waals surface area contributed by atoms with Crippen molar-refractivity contribution in [2.24, 2.45) is 0 Å². The van der Waals surface area contributed by atoms with Crippen molar-refractivity contribution >= 4 is 11.6 Å². The monoisotopic (exact) mass is 206 g/mol. The van der Waals surface area contributed by atoms with E-state index in [4.69, 9.17) is 11.6 Å². The maximum Gasteiger partial charge on any atom is 0.0540 e. The van der Waals surface area contributed by atoms with Crippen LogP contribution in [0.3, 0.4) is 0 Å². The molecule has 0 bridgehead atoms. The minimum absolute atomic E-state index is 0.111. The Kier molecular flexibility index (Phi) is 10.5. The molecule has 0 rings (SSSR count). The number of alkyl halides is 1. The van der Waals surface area contributed by atoms with Crippen LogP contribution in [0.4, 0.5) is 0 Å². The lowest BCUT2D eigenvalue weighted by Crippen LogP contribution is -2.06. The molecule has 0 fully saturated rings. The molecule has 0 aliphatic rings. The highest BCUT2D eigenvalue weighted by Crippen LogP contribution is 2.10. The SMILES string of the molecule is CCCCCCC[C@H](O)CCCCl. The molecule has 0 aliphatic heterocycles. The number of hydrogen-bond acceptors (Lipinski definition) is 1. The normalized spacial score (nSPS) is 13.2. The lowest BCUT2D eigenvalue weighted by Gasteiger charge is -2.08. The van der Waals surface area contributed by atoms with Gasteiger partial charge in [-0.2, -0.15) is 0 Å². The quantitative estimate of drug-likeness (QED) is 0.450. The van der Waals surface area contributed by atoms with Crippen LogP contribution in [0, 0.1) is 0 Å². The zero-order chi connectivity index (χ0) is 9.94. The second kappa shape index (κ2) is 10.3. The van der Waals surface area contributed by atoms with Gasteiger partial charge < -0.3 is 5.11 Å². The van der Waals surface area contributed by atoms with Crippen molar-refractivity contribution in [1.82, 2.24) is 0 Å². The van der Waals surface area contributed by atoms with Gasteiger partial charge in [-0.15, -0.1) is 11.6 Å². The summed E-state index contributed by atoms with van der Waals surface area (Å²) in [6, 6.07) is 0. The molecule has 0 aliphatic carbocycles. The maximum atomic E-state index is 9.48. The highest BCUT2D eigenvalue weighted by Gasteiger charge is 2.02. The van der Waals surface area contributed by atoms with Gasteiger partial charge in [-0.1, -0.05) is 39.0 Å². The van der Waals surface area contributed by atoms with Gasteiger partial charge in [0.2, 0.25) is 0 Å². The third-order valence-electron chi connectivity index (χ3n) is 2.31. The van der Waals surface area contributed by atoms with Crippen molar-refractivity contribution in [3.05, 3.63) is 0 Å². The third kappa shape index (κ3) is 10.2. The van der Waals surface area contributed by atoms with E-state index in [2.05, 4.69) is 6.92 Å². The maximum absolute atomic E-state index is 9.48. The highest BCUT2D eigenvalue weighted by atomic mass is 35.5. The molecule has 1 atom stereocenters. The summed E-state index contributed by atoms with van der Waals surface area (Å²) >= 11 is 5.54. The van der Waals surface area contributed by atoms with Gasteiger partial charge in [-0.3, -0.25) is 0 Å². The molecule has 0 radical (unpaired) electrons. The summed E-state index contributed by atoms with van der Waals surface area (Å²) in [6.07, 6.45) is 9.04. The van der Waals surface area contributed by atoms with Crippen LogP contribution >= 0.6 is 11.6 Å². The van der Waals surface area contributed by atoms with E-state index in [-0.39, 0.29) is 6.10 Å². The first-order valence-electron chi connectivity index (χ1n) is 5.55. The van der Waals surface area contributed by atoms with E-state index in [0.717, 1.165) is 19.3 Å². The van der Waals surface area contributed by atoms with Crippen LogP contribution in [0.1, 0.15) is 58.3 Å². The lowest BCUT2D eigenvalue weighted by atomic mass is 10.1. The summed E-state index contributed by atoms with van der Waals surface area (Å²) in [5.41, 5.74) is 0. The number of halogens is 1. The molecule has 13 heavy (non-hydrogen) atoms. The van der Waals surface area contributed by atoms with Crippen LogP contribution in [0.5, 0.6) is 0 Å². The topological polar surface area (TPSA) is 20.2 Å². The van der Waals surface area contributed by atoms with Gasteiger partial charge in [0.15, 0.2) is 0 Å². The van der Waals surface area contributed by atoms with Crippen molar-refractivity contribution < 1.29 is 5.11 Å². The first-order valence-corrected chi connectivity index (χ1v) is 6.08. The van der Waals surface area contributed by atoms with E-state index in [1.807, 2.05) is 0 Å². The van der Waals surface area contributed by atoms with Crippen molar-refractivity contribution in [3.63, 3.8) is 0 Å². The summed E-state index contributed by atoms with van der Waals surface area (Å²) in [7, 11) is 0. The second-order valence-electron chi connectivity index (χ2n) is 3.69. The predicted octanol–water partition coefficient (Wildman–Crippen LogP) is 3.73. The molecule has 0 saturated carbocycles. The Morgan fingerprint density at radius 3 is 2.23 bits per heavy atom. The standard InChI is InChI=1S/C11H23ClO/c1-2-3-4-5-6-8-11(13)9-7-10-12/h11,13H,2-10H2,1H3/t11-/m0/s1. The molecule has 80 valence electrons. The number of rotatable bonds is 9. The van der Waals surface area contributed by atoms with Gasteiger partial charge >= 0.3 is 0 Å². The number of unbranched alkanes of at least 4 members (excludes halogenated alkanes) is 4. The Bertz CT molecular complexity index is 96.1. The average Bonchev–Trinajstić information content (AvgIpc) is 2.14. The minimum atomic E-state index is -0.111. The molecule has 0 aromatic heterocycles. The van der Waals surface area contributed by atoms with Crippen LogP contribution in [-0.2, 0) is 0 Å². The van der Waals surface area contributed by atoms with E-state index in [1.54, 1.807) is 0 Å². The minimum Gasteiger partial charge on any atom is -0.393 e. The van der Waals surface area contributed by atoms with Crippen molar-refractivity contribution in [1.29, 1.82) is 0 Å². The predicted molar refractivity (Wildman–Crippen MR) is 59.3 cm³/mol. The van der Waals surface area contributed by atoms with Crippen LogP contribution in [-0.4, -0.2) is 17.1 Å². The second-order valence-corrected chi connectivity index (χ2v) is 4.07. The molecular formula is C11H23ClO. The molecule has 0 amide bonds. The lowest BCUT2D eigenvalue weighted by molar-refractivity contribution is 0.150. The van der Waals surface area contributed by atoms with Crippen molar-refractivity contribution in [3.8, 4) is 0 Å². The largest absolute Gasteiger partial charge is 0.393 e. The van der Waals surface area contributed by atoms with E-state index < -0.39 is 0 Å².